The fourth-order valence-electron chi connectivity index (χ4n) is 3.44. The van der Waals surface area contributed by atoms with E-state index in [9.17, 15) is 4.79 Å². The third-order valence-corrected chi connectivity index (χ3v) is 4.70. The number of carbonyl (C=O) groups is 1. The van der Waals surface area contributed by atoms with E-state index in [0.29, 0.717) is 24.8 Å². The number of aryl methyl sites for hydroxylation is 1. The van der Waals surface area contributed by atoms with Crippen molar-refractivity contribution in [1.82, 2.24) is 25.0 Å². The highest BCUT2D eigenvalue weighted by Crippen LogP contribution is 2.33. The Balaban J connectivity index is 1.65. The maximum absolute atomic E-state index is 12.1. The van der Waals surface area contributed by atoms with Gasteiger partial charge >= 0.3 is 0 Å². The van der Waals surface area contributed by atoms with Crippen molar-refractivity contribution < 1.29 is 9.32 Å². The fourth-order valence-corrected chi connectivity index (χ4v) is 3.44. The zero-order chi connectivity index (χ0) is 18.8. The predicted octanol–water partition coefficient (Wildman–Crippen LogP) is 2.24. The Bertz CT molecular complexity index is 1020. The Morgan fingerprint density at radius 3 is 3.22 bits per heavy atom. The van der Waals surface area contributed by atoms with Crippen molar-refractivity contribution in [2.45, 2.75) is 32.2 Å². The molecule has 27 heavy (non-hydrogen) atoms. The smallest absolute Gasteiger partial charge is 0.261 e. The summed E-state index contributed by atoms with van der Waals surface area (Å²) < 4.78 is 5.35. The largest absolute Gasteiger partial charge is 0.379 e. The van der Waals surface area contributed by atoms with E-state index < -0.39 is 0 Å². The number of aromatic nitrogens is 4. The molecule has 0 spiro atoms. The number of carbonyl (C=O) groups excluding carboxylic acids is 1. The molecule has 9 nitrogen and oxygen atoms in total. The van der Waals surface area contributed by atoms with Gasteiger partial charge in [-0.05, 0) is 25.8 Å². The van der Waals surface area contributed by atoms with E-state index in [0.717, 1.165) is 35.1 Å². The van der Waals surface area contributed by atoms with Gasteiger partial charge in [0.05, 0.1) is 17.3 Å². The number of aromatic amines is 1. The summed E-state index contributed by atoms with van der Waals surface area (Å²) in [5, 5.41) is 17.1. The number of rotatable bonds is 4. The number of piperidine rings is 1. The van der Waals surface area contributed by atoms with Crippen LogP contribution in [-0.4, -0.2) is 50.0 Å². The lowest BCUT2D eigenvalue weighted by Crippen LogP contribution is -2.45. The summed E-state index contributed by atoms with van der Waals surface area (Å²) in [5.74, 6) is 0.827. The number of anilines is 1. The molecule has 1 aliphatic heterocycles. The van der Waals surface area contributed by atoms with Gasteiger partial charge in [0.25, 0.3) is 5.89 Å². The predicted molar refractivity (Wildman–Crippen MR) is 97.6 cm³/mol. The Morgan fingerprint density at radius 2 is 2.44 bits per heavy atom. The molecule has 0 aliphatic carbocycles. The molecular weight excluding hydrogens is 346 g/mol. The van der Waals surface area contributed by atoms with Crippen LogP contribution in [0.5, 0.6) is 0 Å². The highest BCUT2D eigenvalue weighted by Gasteiger charge is 2.25. The summed E-state index contributed by atoms with van der Waals surface area (Å²) in [5.41, 5.74) is 2.33. The number of nitrogens with zero attached hydrogens (tertiary/aromatic N) is 5. The molecule has 0 aromatic carbocycles. The minimum absolute atomic E-state index is 0.0599. The van der Waals surface area contributed by atoms with Crippen LogP contribution in [0, 0.1) is 18.3 Å². The lowest BCUT2D eigenvalue weighted by Gasteiger charge is -2.33. The van der Waals surface area contributed by atoms with Gasteiger partial charge in [-0.2, -0.15) is 10.2 Å². The van der Waals surface area contributed by atoms with E-state index >= 15 is 0 Å². The molecule has 4 heterocycles. The topological polar surface area (TPSA) is 124 Å². The van der Waals surface area contributed by atoms with E-state index in [2.05, 4.69) is 25.4 Å². The minimum atomic E-state index is -0.127. The van der Waals surface area contributed by atoms with Crippen LogP contribution in [0.4, 0.5) is 5.69 Å². The van der Waals surface area contributed by atoms with E-state index in [-0.39, 0.29) is 18.4 Å². The first-order valence-corrected chi connectivity index (χ1v) is 8.83. The zero-order valence-corrected chi connectivity index (χ0v) is 14.9. The first-order valence-electron chi connectivity index (χ1n) is 8.83. The number of likely N-dealkylation sites (tertiary alicyclic amines) is 1. The molecule has 138 valence electrons. The summed E-state index contributed by atoms with van der Waals surface area (Å²) in [7, 11) is 0. The number of fused-ring (bicyclic) bond motifs is 1. The molecule has 1 aliphatic rings. The number of hydrogen-bond acceptors (Lipinski definition) is 7. The minimum Gasteiger partial charge on any atom is -0.379 e. The van der Waals surface area contributed by atoms with Gasteiger partial charge < -0.3 is 19.7 Å². The van der Waals surface area contributed by atoms with Crippen LogP contribution in [-0.2, 0) is 4.79 Å². The summed E-state index contributed by atoms with van der Waals surface area (Å²) in [6.07, 6.45) is 5.25. The van der Waals surface area contributed by atoms with Crippen LogP contribution >= 0.6 is 0 Å². The SMILES string of the molecule is Cc1noc(-c2cnc3[nH]ccc3c2N[C@@H]2CCCN(C(=O)CC#N)C2)n1. The molecule has 3 aromatic heterocycles. The number of hydrogen-bond donors (Lipinski definition) is 2. The zero-order valence-electron chi connectivity index (χ0n) is 14.9. The molecule has 1 fully saturated rings. The Labute approximate surface area is 155 Å². The van der Waals surface area contributed by atoms with Crippen molar-refractivity contribution in [3.63, 3.8) is 0 Å². The van der Waals surface area contributed by atoms with Gasteiger partial charge in [0.15, 0.2) is 5.82 Å². The second-order valence-electron chi connectivity index (χ2n) is 6.59. The average Bonchev–Trinajstić information content (AvgIpc) is 3.31. The highest BCUT2D eigenvalue weighted by molar-refractivity contribution is 5.97. The van der Waals surface area contributed by atoms with Gasteiger partial charge in [0.1, 0.15) is 12.1 Å². The molecule has 1 amide bonds. The second-order valence-corrected chi connectivity index (χ2v) is 6.59. The van der Waals surface area contributed by atoms with Crippen LogP contribution in [0.15, 0.2) is 23.0 Å². The number of pyridine rings is 1. The molecule has 0 saturated carbocycles. The van der Waals surface area contributed by atoms with Crippen LogP contribution < -0.4 is 5.32 Å². The summed E-state index contributed by atoms with van der Waals surface area (Å²) in [4.78, 5) is 25.7. The van der Waals surface area contributed by atoms with Crippen LogP contribution in [0.25, 0.3) is 22.5 Å². The van der Waals surface area contributed by atoms with Gasteiger partial charge in [-0.15, -0.1) is 0 Å². The highest BCUT2D eigenvalue weighted by atomic mass is 16.5. The van der Waals surface area contributed by atoms with Gasteiger partial charge in [0, 0.05) is 36.9 Å². The monoisotopic (exact) mass is 365 g/mol. The van der Waals surface area contributed by atoms with E-state index in [4.69, 9.17) is 9.78 Å². The Hall–Kier alpha value is -3.41. The maximum Gasteiger partial charge on any atom is 0.261 e. The van der Waals surface area contributed by atoms with Crippen molar-refractivity contribution in [3.05, 3.63) is 24.3 Å². The fraction of sp³-hybridized carbons (Fsp3) is 0.389. The number of nitriles is 1. The summed E-state index contributed by atoms with van der Waals surface area (Å²) in [6.45, 7) is 3.00. The summed E-state index contributed by atoms with van der Waals surface area (Å²) >= 11 is 0. The average molecular weight is 365 g/mol. The van der Waals surface area contributed by atoms with Crippen LogP contribution in [0.3, 0.4) is 0 Å². The van der Waals surface area contributed by atoms with E-state index in [1.165, 1.54) is 0 Å². The Morgan fingerprint density at radius 1 is 1.56 bits per heavy atom. The van der Waals surface area contributed by atoms with E-state index in [1.54, 1.807) is 18.0 Å². The molecule has 2 N–H and O–H groups in total. The molecular formula is C18H19N7O2. The lowest BCUT2D eigenvalue weighted by molar-refractivity contribution is -0.131. The molecule has 0 bridgehead atoms. The van der Waals surface area contributed by atoms with Gasteiger partial charge in [0.2, 0.25) is 5.91 Å². The molecule has 4 rings (SSSR count). The van der Waals surface area contributed by atoms with Crippen molar-refractivity contribution in [2.75, 3.05) is 18.4 Å². The maximum atomic E-state index is 12.1. The van der Waals surface area contributed by atoms with Gasteiger partial charge in [-0.3, -0.25) is 4.79 Å². The van der Waals surface area contributed by atoms with E-state index in [1.807, 2.05) is 18.3 Å². The molecule has 9 heteroatoms. The molecule has 1 atom stereocenters. The normalized spacial score (nSPS) is 17.0. The summed E-state index contributed by atoms with van der Waals surface area (Å²) in [6, 6.07) is 3.93. The first-order chi connectivity index (χ1) is 13.2. The van der Waals surface area contributed by atoms with Gasteiger partial charge in [-0.25, -0.2) is 4.98 Å². The van der Waals surface area contributed by atoms with Crippen molar-refractivity contribution in [1.29, 1.82) is 5.26 Å². The van der Waals surface area contributed by atoms with Crippen molar-refractivity contribution in [3.8, 4) is 17.5 Å². The standard InChI is InChI=1S/C18H19N7O2/c1-11-22-18(27-24-11)14-9-21-17-13(5-7-20-17)16(14)23-12-3-2-8-25(10-12)15(26)4-6-19/h5,7,9,12H,2-4,8,10H2,1H3,(H2,20,21,23)/t12-/m1/s1. The number of amides is 1. The van der Waals surface area contributed by atoms with Crippen molar-refractivity contribution in [2.24, 2.45) is 0 Å². The molecule has 3 aromatic rings. The number of H-pyrrole nitrogens is 1. The lowest BCUT2D eigenvalue weighted by atomic mass is 10.0. The Kier molecular flexibility index (Phi) is 4.46. The van der Waals surface area contributed by atoms with Gasteiger partial charge in [-0.1, -0.05) is 5.16 Å². The second kappa shape index (κ2) is 7.07. The van der Waals surface area contributed by atoms with Crippen LogP contribution in [0.2, 0.25) is 0 Å². The third kappa shape index (κ3) is 3.33. The quantitative estimate of drug-likeness (QED) is 0.726. The molecule has 1 saturated heterocycles. The molecule has 0 unspecified atom stereocenters. The first kappa shape index (κ1) is 17.0. The number of nitrogens with one attached hydrogen (secondary N) is 2. The van der Waals surface area contributed by atoms with Crippen molar-refractivity contribution >= 4 is 22.6 Å². The molecule has 0 radical (unpaired) electrons. The van der Waals surface area contributed by atoms with Crippen LogP contribution in [0.1, 0.15) is 25.1 Å². The third-order valence-electron chi connectivity index (χ3n) is 4.70.